The zero-order valence-corrected chi connectivity index (χ0v) is 14.6. The predicted octanol–water partition coefficient (Wildman–Crippen LogP) is 2.24. The van der Waals surface area contributed by atoms with Crippen molar-refractivity contribution < 1.29 is 24.2 Å². The van der Waals surface area contributed by atoms with Gasteiger partial charge in [-0.2, -0.15) is 0 Å². The molecular weight excluding hydrogens is 324 g/mol. The van der Waals surface area contributed by atoms with Gasteiger partial charge in [-0.25, -0.2) is 4.79 Å². The first-order valence-electron chi connectivity index (χ1n) is 8.55. The Hall–Kier alpha value is -2.44. The van der Waals surface area contributed by atoms with E-state index in [-0.39, 0.29) is 25.4 Å². The van der Waals surface area contributed by atoms with Crippen molar-refractivity contribution in [2.75, 3.05) is 19.9 Å². The third-order valence-electron chi connectivity index (χ3n) is 4.95. The number of urea groups is 1. The van der Waals surface area contributed by atoms with Gasteiger partial charge in [0.15, 0.2) is 11.5 Å². The molecule has 1 fully saturated rings. The van der Waals surface area contributed by atoms with Gasteiger partial charge in [-0.3, -0.25) is 4.79 Å². The second-order valence-electron chi connectivity index (χ2n) is 7.11. The Morgan fingerprint density at radius 3 is 2.84 bits per heavy atom. The summed E-state index contributed by atoms with van der Waals surface area (Å²) in [6, 6.07) is 5.67. The summed E-state index contributed by atoms with van der Waals surface area (Å²) in [6.45, 7) is 4.63. The van der Waals surface area contributed by atoms with Crippen LogP contribution in [0.2, 0.25) is 0 Å². The molecule has 7 nitrogen and oxygen atoms in total. The summed E-state index contributed by atoms with van der Waals surface area (Å²) in [5.41, 5.74) is 0.289. The van der Waals surface area contributed by atoms with Gasteiger partial charge in [-0.05, 0) is 50.8 Å². The van der Waals surface area contributed by atoms with Gasteiger partial charge >= 0.3 is 12.0 Å². The number of carbonyl (C=O) groups is 2. The van der Waals surface area contributed by atoms with E-state index < -0.39 is 11.4 Å². The molecule has 2 N–H and O–H groups in total. The van der Waals surface area contributed by atoms with Crippen molar-refractivity contribution in [2.24, 2.45) is 5.41 Å². The number of amides is 2. The van der Waals surface area contributed by atoms with Gasteiger partial charge in [-0.15, -0.1) is 0 Å². The standard InChI is InChI=1S/C18H24N2O5/c1-12(3-4-13-5-6-14-15(9-13)25-11-24-14)19-17(23)20-8-7-18(2,10-20)16(21)22/h5-6,9,12H,3-4,7-8,10-11H2,1-2H3,(H,19,23)(H,21,22). The van der Waals surface area contributed by atoms with Gasteiger partial charge in [0, 0.05) is 19.1 Å². The Morgan fingerprint density at radius 1 is 1.36 bits per heavy atom. The van der Waals surface area contributed by atoms with Gasteiger partial charge in [0.25, 0.3) is 0 Å². The minimum absolute atomic E-state index is 0.00499. The van der Waals surface area contributed by atoms with Crippen LogP contribution in [-0.4, -0.2) is 47.9 Å². The first-order valence-corrected chi connectivity index (χ1v) is 8.55. The van der Waals surface area contributed by atoms with Gasteiger partial charge in [0.1, 0.15) is 0 Å². The average Bonchev–Trinajstić information content (AvgIpc) is 3.19. The molecule has 0 spiro atoms. The summed E-state index contributed by atoms with van der Waals surface area (Å²) in [5, 5.41) is 12.2. The zero-order chi connectivity index (χ0) is 18.0. The Bertz CT molecular complexity index is 677. The van der Waals surface area contributed by atoms with Crippen LogP contribution in [0.1, 0.15) is 32.3 Å². The molecule has 7 heteroatoms. The molecule has 1 aromatic rings. The number of carbonyl (C=O) groups excluding carboxylic acids is 1. The first kappa shape index (κ1) is 17.4. The number of carboxylic acids is 1. The number of ether oxygens (including phenoxy) is 2. The van der Waals surface area contributed by atoms with Gasteiger partial charge < -0.3 is 24.8 Å². The number of benzene rings is 1. The molecule has 1 saturated heterocycles. The van der Waals surface area contributed by atoms with Crippen molar-refractivity contribution in [3.63, 3.8) is 0 Å². The normalized spacial score (nSPS) is 22.7. The van der Waals surface area contributed by atoms with E-state index in [0.717, 1.165) is 29.9 Å². The minimum Gasteiger partial charge on any atom is -0.481 e. The molecule has 2 aliphatic rings. The van der Waals surface area contributed by atoms with E-state index >= 15 is 0 Å². The van der Waals surface area contributed by atoms with E-state index in [2.05, 4.69) is 5.32 Å². The minimum atomic E-state index is -0.848. The molecule has 25 heavy (non-hydrogen) atoms. The summed E-state index contributed by atoms with van der Waals surface area (Å²) in [7, 11) is 0. The van der Waals surface area contributed by atoms with E-state index in [1.54, 1.807) is 11.8 Å². The third-order valence-corrected chi connectivity index (χ3v) is 4.95. The topological polar surface area (TPSA) is 88.1 Å². The molecule has 2 atom stereocenters. The Balaban J connectivity index is 1.47. The number of rotatable bonds is 5. The maximum absolute atomic E-state index is 12.3. The fraction of sp³-hybridized carbons (Fsp3) is 0.556. The highest BCUT2D eigenvalue weighted by Crippen LogP contribution is 2.33. The van der Waals surface area contributed by atoms with Crippen LogP contribution < -0.4 is 14.8 Å². The lowest BCUT2D eigenvalue weighted by molar-refractivity contribution is -0.147. The van der Waals surface area contributed by atoms with Crippen LogP contribution in [0.4, 0.5) is 4.79 Å². The number of fused-ring (bicyclic) bond motifs is 1. The fourth-order valence-electron chi connectivity index (χ4n) is 3.16. The highest BCUT2D eigenvalue weighted by molar-refractivity contribution is 5.79. The van der Waals surface area contributed by atoms with Crippen LogP contribution >= 0.6 is 0 Å². The van der Waals surface area contributed by atoms with Crippen LogP contribution in [-0.2, 0) is 11.2 Å². The lowest BCUT2D eigenvalue weighted by atomic mass is 9.90. The molecule has 0 saturated carbocycles. The summed E-state index contributed by atoms with van der Waals surface area (Å²) >= 11 is 0. The molecule has 1 aromatic carbocycles. The van der Waals surface area contributed by atoms with E-state index in [0.29, 0.717) is 13.0 Å². The lowest BCUT2D eigenvalue weighted by Crippen LogP contribution is -2.44. The second-order valence-corrected chi connectivity index (χ2v) is 7.11. The zero-order valence-electron chi connectivity index (χ0n) is 14.6. The molecule has 3 rings (SSSR count). The average molecular weight is 348 g/mol. The molecule has 0 aliphatic carbocycles. The van der Waals surface area contributed by atoms with Gasteiger partial charge in [0.2, 0.25) is 6.79 Å². The van der Waals surface area contributed by atoms with E-state index in [1.807, 2.05) is 25.1 Å². The van der Waals surface area contributed by atoms with Crippen LogP contribution in [0.5, 0.6) is 11.5 Å². The Morgan fingerprint density at radius 2 is 2.12 bits per heavy atom. The summed E-state index contributed by atoms with van der Waals surface area (Å²) in [4.78, 5) is 25.2. The highest BCUT2D eigenvalue weighted by Gasteiger charge is 2.42. The largest absolute Gasteiger partial charge is 0.481 e. The number of nitrogens with one attached hydrogen (secondary N) is 1. The lowest BCUT2D eigenvalue weighted by Gasteiger charge is -2.23. The fourth-order valence-corrected chi connectivity index (χ4v) is 3.16. The smallest absolute Gasteiger partial charge is 0.317 e. The monoisotopic (exact) mass is 348 g/mol. The molecular formula is C18H24N2O5. The summed E-state index contributed by atoms with van der Waals surface area (Å²) in [6.07, 6.45) is 2.09. The summed E-state index contributed by atoms with van der Waals surface area (Å²) in [5.74, 6) is 0.679. The molecule has 0 bridgehead atoms. The van der Waals surface area contributed by atoms with Crippen LogP contribution in [0, 0.1) is 5.41 Å². The van der Waals surface area contributed by atoms with E-state index in [9.17, 15) is 14.7 Å². The highest BCUT2D eigenvalue weighted by atomic mass is 16.7. The van der Waals surface area contributed by atoms with Crippen molar-refractivity contribution in [2.45, 2.75) is 39.2 Å². The predicted molar refractivity (Wildman–Crippen MR) is 90.8 cm³/mol. The second kappa shape index (κ2) is 6.82. The quantitative estimate of drug-likeness (QED) is 0.852. The number of aliphatic carboxylic acids is 1. The van der Waals surface area contributed by atoms with Gasteiger partial charge in [0.05, 0.1) is 5.41 Å². The number of hydrogen-bond acceptors (Lipinski definition) is 4. The van der Waals surface area contributed by atoms with E-state index in [1.165, 1.54) is 0 Å². The number of carboxylic acid groups (broad SMARTS) is 1. The van der Waals surface area contributed by atoms with Crippen molar-refractivity contribution in [3.05, 3.63) is 23.8 Å². The molecule has 2 heterocycles. The van der Waals surface area contributed by atoms with Crippen molar-refractivity contribution in [1.29, 1.82) is 0 Å². The molecule has 2 amide bonds. The molecule has 2 aliphatic heterocycles. The number of hydrogen-bond donors (Lipinski definition) is 2. The molecule has 0 aromatic heterocycles. The van der Waals surface area contributed by atoms with Gasteiger partial charge in [-0.1, -0.05) is 6.07 Å². The third kappa shape index (κ3) is 3.81. The maximum Gasteiger partial charge on any atom is 0.317 e. The van der Waals surface area contributed by atoms with Crippen molar-refractivity contribution >= 4 is 12.0 Å². The van der Waals surface area contributed by atoms with Crippen molar-refractivity contribution in [1.82, 2.24) is 10.2 Å². The number of aryl methyl sites for hydroxylation is 1. The van der Waals surface area contributed by atoms with Crippen molar-refractivity contribution in [3.8, 4) is 11.5 Å². The maximum atomic E-state index is 12.3. The number of nitrogens with zero attached hydrogens (tertiary/aromatic N) is 1. The van der Waals surface area contributed by atoms with Crippen LogP contribution in [0.25, 0.3) is 0 Å². The molecule has 0 radical (unpaired) electrons. The van der Waals surface area contributed by atoms with Crippen LogP contribution in [0.15, 0.2) is 18.2 Å². The Kier molecular flexibility index (Phi) is 4.74. The number of likely N-dealkylation sites (tertiary alicyclic amines) is 1. The SMILES string of the molecule is CC(CCc1ccc2c(c1)OCO2)NC(=O)N1CCC(C)(C(=O)O)C1. The Labute approximate surface area is 146 Å². The molecule has 2 unspecified atom stereocenters. The van der Waals surface area contributed by atoms with E-state index in [4.69, 9.17) is 9.47 Å². The first-order chi connectivity index (χ1) is 11.9. The summed E-state index contributed by atoms with van der Waals surface area (Å²) < 4.78 is 10.7. The molecule has 136 valence electrons. The van der Waals surface area contributed by atoms with Crippen LogP contribution in [0.3, 0.4) is 0 Å².